The summed E-state index contributed by atoms with van der Waals surface area (Å²) in [5.74, 6) is 0.282. The van der Waals surface area contributed by atoms with Crippen LogP contribution in [0.2, 0.25) is 0 Å². The molecule has 156 valence electrons. The normalized spacial score (nSPS) is 12.0. The lowest BCUT2D eigenvalue weighted by molar-refractivity contribution is -0.274. The molecule has 1 aromatic carbocycles. The maximum atomic E-state index is 12.5. The summed E-state index contributed by atoms with van der Waals surface area (Å²) in [6, 6.07) is 3.96. The van der Waals surface area contributed by atoms with Crippen LogP contribution in [0.5, 0.6) is 11.5 Å². The second-order valence-electron chi connectivity index (χ2n) is 6.95. The van der Waals surface area contributed by atoms with Crippen LogP contribution < -0.4 is 9.47 Å². The van der Waals surface area contributed by atoms with Crippen LogP contribution in [0.3, 0.4) is 0 Å². The maximum absolute atomic E-state index is 12.5. The van der Waals surface area contributed by atoms with Gasteiger partial charge in [0, 0.05) is 30.4 Å². The minimum Gasteiger partial charge on any atom is -0.496 e. The summed E-state index contributed by atoms with van der Waals surface area (Å²) in [7, 11) is 3.31. The molecule has 0 saturated heterocycles. The predicted octanol–water partition coefficient (Wildman–Crippen LogP) is 5.75. The molecule has 3 aromatic rings. The summed E-state index contributed by atoms with van der Waals surface area (Å²) < 4.78 is 48.8. The topological polar surface area (TPSA) is 49.2 Å². The number of alkyl halides is 3. The van der Waals surface area contributed by atoms with Gasteiger partial charge in [-0.05, 0) is 37.8 Å². The number of aromatic nitrogens is 3. The first kappa shape index (κ1) is 21.0. The van der Waals surface area contributed by atoms with E-state index >= 15 is 0 Å². The molecule has 0 fully saturated rings. The molecule has 8 heteroatoms. The van der Waals surface area contributed by atoms with Gasteiger partial charge in [-0.2, -0.15) is 0 Å². The zero-order valence-corrected chi connectivity index (χ0v) is 17.1. The van der Waals surface area contributed by atoms with E-state index in [4.69, 9.17) is 14.7 Å². The van der Waals surface area contributed by atoms with E-state index < -0.39 is 6.36 Å². The molecular formula is C21H24F3N3O2. The van der Waals surface area contributed by atoms with Crippen molar-refractivity contribution in [2.24, 2.45) is 7.05 Å². The Balaban J connectivity index is 2.13. The number of benzene rings is 1. The molecule has 0 aliphatic rings. The van der Waals surface area contributed by atoms with Crippen LogP contribution in [-0.2, 0) is 7.05 Å². The van der Waals surface area contributed by atoms with E-state index in [2.05, 4.69) is 24.8 Å². The first-order valence-corrected chi connectivity index (χ1v) is 9.46. The Kier molecular flexibility index (Phi) is 5.73. The molecule has 3 rings (SSSR count). The molecule has 0 atom stereocenters. The third kappa shape index (κ3) is 4.16. The monoisotopic (exact) mass is 407 g/mol. The summed E-state index contributed by atoms with van der Waals surface area (Å²) in [5.41, 5.74) is 4.54. The minimum atomic E-state index is -4.77. The van der Waals surface area contributed by atoms with Crippen molar-refractivity contribution in [1.82, 2.24) is 14.5 Å². The van der Waals surface area contributed by atoms with Gasteiger partial charge in [-0.25, -0.2) is 9.97 Å². The van der Waals surface area contributed by atoms with Crippen LogP contribution in [0.1, 0.15) is 43.9 Å². The van der Waals surface area contributed by atoms with Crippen molar-refractivity contribution in [2.75, 3.05) is 7.11 Å². The fourth-order valence-corrected chi connectivity index (χ4v) is 3.63. The van der Waals surface area contributed by atoms with E-state index in [9.17, 15) is 13.2 Å². The molecule has 0 radical (unpaired) electrons. The number of hydrogen-bond donors (Lipinski definition) is 0. The van der Waals surface area contributed by atoms with Crippen LogP contribution in [0.4, 0.5) is 13.2 Å². The van der Waals surface area contributed by atoms with Gasteiger partial charge in [-0.3, -0.25) is 0 Å². The van der Waals surface area contributed by atoms with E-state index in [1.165, 1.54) is 25.3 Å². The molecule has 0 spiro atoms. The molecule has 0 saturated carbocycles. The Morgan fingerprint density at radius 2 is 1.83 bits per heavy atom. The average Bonchev–Trinajstić information content (AvgIpc) is 2.96. The number of hydrogen-bond acceptors (Lipinski definition) is 4. The Morgan fingerprint density at radius 1 is 1.14 bits per heavy atom. The Morgan fingerprint density at radius 3 is 2.41 bits per heavy atom. The van der Waals surface area contributed by atoms with Crippen LogP contribution in [-0.4, -0.2) is 28.0 Å². The van der Waals surface area contributed by atoms with E-state index in [1.54, 1.807) is 0 Å². The van der Waals surface area contributed by atoms with E-state index in [0.717, 1.165) is 29.6 Å². The Bertz CT molecular complexity index is 1020. The molecule has 2 aromatic heterocycles. The van der Waals surface area contributed by atoms with Gasteiger partial charge in [0.2, 0.25) is 0 Å². The third-order valence-corrected chi connectivity index (χ3v) is 5.08. The van der Waals surface area contributed by atoms with Crippen molar-refractivity contribution >= 4 is 11.2 Å². The van der Waals surface area contributed by atoms with Crippen molar-refractivity contribution in [3.63, 3.8) is 0 Å². The van der Waals surface area contributed by atoms with Crippen molar-refractivity contribution in [3.05, 3.63) is 35.7 Å². The first-order chi connectivity index (χ1) is 13.7. The van der Waals surface area contributed by atoms with Crippen molar-refractivity contribution in [3.8, 4) is 22.8 Å². The fraction of sp³-hybridized carbons (Fsp3) is 0.429. The van der Waals surface area contributed by atoms with Gasteiger partial charge in [0.25, 0.3) is 0 Å². The number of nitrogens with zero attached hydrogens (tertiary/aromatic N) is 3. The summed E-state index contributed by atoms with van der Waals surface area (Å²) >= 11 is 0. The lowest BCUT2D eigenvalue weighted by atomic mass is 9.95. The maximum Gasteiger partial charge on any atom is 0.573 e. The molecule has 0 bridgehead atoms. The number of fused-ring (bicyclic) bond motifs is 1. The van der Waals surface area contributed by atoms with Crippen LogP contribution >= 0.6 is 0 Å². The van der Waals surface area contributed by atoms with Gasteiger partial charge in [0.05, 0.1) is 18.5 Å². The Labute approximate surface area is 167 Å². The zero-order chi connectivity index (χ0) is 21.3. The molecule has 0 unspecified atom stereocenters. The summed E-state index contributed by atoms with van der Waals surface area (Å²) in [6.45, 7) is 6.14. The lowest BCUT2D eigenvalue weighted by Crippen LogP contribution is -2.17. The van der Waals surface area contributed by atoms with Crippen molar-refractivity contribution < 1.29 is 22.6 Å². The first-order valence-electron chi connectivity index (χ1n) is 9.46. The van der Waals surface area contributed by atoms with E-state index in [1.807, 2.05) is 18.5 Å². The molecule has 0 amide bonds. The molecule has 0 aliphatic carbocycles. The van der Waals surface area contributed by atoms with Crippen molar-refractivity contribution in [1.29, 1.82) is 0 Å². The highest BCUT2D eigenvalue weighted by Gasteiger charge is 2.31. The van der Waals surface area contributed by atoms with E-state index in [-0.39, 0.29) is 11.5 Å². The van der Waals surface area contributed by atoms with Crippen LogP contribution in [0.25, 0.3) is 22.4 Å². The number of rotatable bonds is 6. The molecule has 0 aliphatic heterocycles. The SMILES string of the molecule is CCC(CC)c1cn(C)c2nc(-c3ccc(OC(F)(F)F)cc3OC)c(C)nc12. The molecule has 29 heavy (non-hydrogen) atoms. The van der Waals surface area contributed by atoms with E-state index in [0.29, 0.717) is 22.9 Å². The van der Waals surface area contributed by atoms with Gasteiger partial charge >= 0.3 is 6.36 Å². The number of ether oxygens (including phenoxy) is 2. The Hall–Kier alpha value is -2.77. The number of methoxy groups -OCH3 is 1. The lowest BCUT2D eigenvalue weighted by Gasteiger charge is -2.14. The third-order valence-electron chi connectivity index (χ3n) is 5.08. The second-order valence-corrected chi connectivity index (χ2v) is 6.95. The highest BCUT2D eigenvalue weighted by Crippen LogP contribution is 2.37. The van der Waals surface area contributed by atoms with Gasteiger partial charge in [-0.1, -0.05) is 13.8 Å². The van der Waals surface area contributed by atoms with Gasteiger partial charge in [0.1, 0.15) is 17.0 Å². The summed E-state index contributed by atoms with van der Waals surface area (Å²) in [4.78, 5) is 9.58. The van der Waals surface area contributed by atoms with Gasteiger partial charge in [0.15, 0.2) is 5.65 Å². The molecule has 5 nitrogen and oxygen atoms in total. The minimum absolute atomic E-state index is 0.234. The highest BCUT2D eigenvalue weighted by atomic mass is 19.4. The summed E-state index contributed by atoms with van der Waals surface area (Å²) in [6.07, 6.45) is -0.697. The molecular weight excluding hydrogens is 383 g/mol. The quantitative estimate of drug-likeness (QED) is 0.522. The summed E-state index contributed by atoms with van der Waals surface area (Å²) in [5, 5.41) is 0. The average molecular weight is 407 g/mol. The van der Waals surface area contributed by atoms with Crippen LogP contribution in [0.15, 0.2) is 24.4 Å². The fourth-order valence-electron chi connectivity index (χ4n) is 3.63. The van der Waals surface area contributed by atoms with Gasteiger partial charge < -0.3 is 14.0 Å². The zero-order valence-electron chi connectivity index (χ0n) is 17.1. The largest absolute Gasteiger partial charge is 0.573 e. The number of aryl methyl sites for hydroxylation is 2. The molecule has 0 N–H and O–H groups in total. The molecule has 2 heterocycles. The predicted molar refractivity (Wildman–Crippen MR) is 105 cm³/mol. The number of halogens is 3. The second kappa shape index (κ2) is 7.93. The van der Waals surface area contributed by atoms with Crippen molar-refractivity contribution in [2.45, 2.75) is 45.9 Å². The van der Waals surface area contributed by atoms with Crippen LogP contribution in [0, 0.1) is 6.92 Å². The highest BCUT2D eigenvalue weighted by molar-refractivity contribution is 5.81. The smallest absolute Gasteiger partial charge is 0.496 e. The standard InChI is InChI=1S/C21H24F3N3O2/c1-6-13(7-2)16-11-27(4)20-19(16)25-12(3)18(26-20)15-9-8-14(10-17(15)28-5)29-21(22,23)24/h8-11,13H,6-7H2,1-5H3. The van der Waals surface area contributed by atoms with Gasteiger partial charge in [-0.15, -0.1) is 13.2 Å².